The number of alkyl halides is 3. The quantitative estimate of drug-likeness (QED) is 0.848. The second kappa shape index (κ2) is 7.58. The third-order valence-electron chi connectivity index (χ3n) is 4.70. The highest BCUT2D eigenvalue weighted by molar-refractivity contribution is 6.31. The molecule has 1 N–H and O–H groups in total. The highest BCUT2D eigenvalue weighted by atomic mass is 35.5. The topological polar surface area (TPSA) is 41.3 Å². The summed E-state index contributed by atoms with van der Waals surface area (Å²) in [5, 5.41) is 10.9. The first-order valence-corrected chi connectivity index (χ1v) is 8.86. The van der Waals surface area contributed by atoms with Gasteiger partial charge >= 0.3 is 6.18 Å². The van der Waals surface area contributed by atoms with E-state index < -0.39 is 18.0 Å². The maximum Gasteiger partial charge on any atom is 0.434 e. The molecule has 4 nitrogen and oxygen atoms in total. The van der Waals surface area contributed by atoms with Gasteiger partial charge in [-0.3, -0.25) is 0 Å². The summed E-state index contributed by atoms with van der Waals surface area (Å²) in [7, 11) is 1.89. The van der Waals surface area contributed by atoms with Crippen LogP contribution in [0.4, 0.5) is 13.2 Å². The van der Waals surface area contributed by atoms with E-state index >= 15 is 0 Å². The first-order chi connectivity index (χ1) is 12.2. The number of aryl methyl sites for hydroxylation is 1. The summed E-state index contributed by atoms with van der Waals surface area (Å²) < 4.78 is 40.0. The molecule has 0 spiro atoms. The first-order valence-electron chi connectivity index (χ1n) is 8.48. The summed E-state index contributed by atoms with van der Waals surface area (Å²) in [6, 6.07) is 7.16. The second-order valence-electron chi connectivity index (χ2n) is 6.86. The Morgan fingerprint density at radius 3 is 2.81 bits per heavy atom. The number of nitrogens with zero attached hydrogens (tertiary/aromatic N) is 3. The van der Waals surface area contributed by atoms with Crippen molar-refractivity contribution in [1.29, 1.82) is 0 Å². The van der Waals surface area contributed by atoms with Crippen LogP contribution >= 0.6 is 11.6 Å². The number of fused-ring (bicyclic) bond motifs is 1. The van der Waals surface area contributed by atoms with Crippen LogP contribution in [0.1, 0.15) is 29.6 Å². The van der Waals surface area contributed by atoms with Crippen molar-refractivity contribution in [2.45, 2.75) is 31.7 Å². The molecule has 0 radical (unpaired) electrons. The van der Waals surface area contributed by atoms with Gasteiger partial charge in [-0.25, -0.2) is 4.98 Å². The van der Waals surface area contributed by atoms with Crippen molar-refractivity contribution in [3.05, 3.63) is 52.6 Å². The molecule has 0 fully saturated rings. The highest BCUT2D eigenvalue weighted by Gasteiger charge is 2.35. The summed E-state index contributed by atoms with van der Waals surface area (Å²) in [5.74, 6) is 0.702. The van der Waals surface area contributed by atoms with Crippen LogP contribution in [0.15, 0.2) is 30.5 Å². The Bertz CT molecular complexity index is 762. The minimum atomic E-state index is -4.41. The molecule has 0 saturated carbocycles. The zero-order chi connectivity index (χ0) is 18.9. The lowest BCUT2D eigenvalue weighted by Gasteiger charge is -2.29. The summed E-state index contributed by atoms with van der Waals surface area (Å²) in [4.78, 5) is 5.69. The van der Waals surface area contributed by atoms with Gasteiger partial charge in [0.25, 0.3) is 0 Å². The van der Waals surface area contributed by atoms with Gasteiger partial charge in [-0.1, -0.05) is 29.8 Å². The monoisotopic (exact) mass is 387 g/mol. The Morgan fingerprint density at radius 2 is 2.12 bits per heavy atom. The number of likely N-dealkylation sites (N-methyl/N-ethyl adjacent to an activating group) is 1. The van der Waals surface area contributed by atoms with Crippen LogP contribution in [-0.2, 0) is 19.1 Å². The smallest absolute Gasteiger partial charge is 0.387 e. The van der Waals surface area contributed by atoms with E-state index in [1.165, 1.54) is 0 Å². The molecule has 1 aliphatic heterocycles. The number of rotatable bonds is 5. The molecule has 0 bridgehead atoms. The molecule has 0 amide bonds. The van der Waals surface area contributed by atoms with Crippen LogP contribution < -0.4 is 0 Å². The third kappa shape index (κ3) is 4.39. The summed E-state index contributed by atoms with van der Waals surface area (Å²) in [5.41, 5.74) is -0.146. The number of aliphatic hydroxyl groups is 1. The molecule has 1 aliphatic rings. The summed E-state index contributed by atoms with van der Waals surface area (Å²) in [6.07, 6.45) is -2.71. The predicted octanol–water partition coefficient (Wildman–Crippen LogP) is 3.78. The van der Waals surface area contributed by atoms with Gasteiger partial charge < -0.3 is 14.6 Å². The van der Waals surface area contributed by atoms with Crippen molar-refractivity contribution in [2.24, 2.45) is 5.92 Å². The molecule has 26 heavy (non-hydrogen) atoms. The molecule has 0 unspecified atom stereocenters. The standard InChI is InChI=1S/C18H21ClF3N3O/c1-24(10-15(26)13-4-2-3-5-14(13)19)8-12-6-7-17-23-16(18(20,21)22)11-25(17)9-12/h2-5,11-12,15,26H,6-10H2,1H3/t12-,15+/m1/s1. The van der Waals surface area contributed by atoms with Gasteiger partial charge in [0.15, 0.2) is 5.69 Å². The van der Waals surface area contributed by atoms with E-state index in [0.29, 0.717) is 42.5 Å². The van der Waals surface area contributed by atoms with Crippen LogP contribution in [0, 0.1) is 5.92 Å². The fourth-order valence-electron chi connectivity index (χ4n) is 3.45. The van der Waals surface area contributed by atoms with Crippen LogP contribution in [0.2, 0.25) is 5.02 Å². The molecule has 3 rings (SSSR count). The molecule has 1 aromatic carbocycles. The van der Waals surface area contributed by atoms with Crippen molar-refractivity contribution in [3.8, 4) is 0 Å². The summed E-state index contributed by atoms with van der Waals surface area (Å²) >= 11 is 6.11. The Morgan fingerprint density at radius 1 is 1.38 bits per heavy atom. The Labute approximate surface area is 155 Å². The molecular formula is C18H21ClF3N3O. The molecule has 8 heteroatoms. The van der Waals surface area contributed by atoms with Gasteiger partial charge in [0.05, 0.1) is 6.10 Å². The van der Waals surface area contributed by atoms with E-state index in [0.717, 1.165) is 12.6 Å². The second-order valence-corrected chi connectivity index (χ2v) is 7.26. The van der Waals surface area contributed by atoms with Crippen molar-refractivity contribution >= 4 is 11.6 Å². The van der Waals surface area contributed by atoms with Crippen LogP contribution in [0.25, 0.3) is 0 Å². The molecule has 142 valence electrons. The first kappa shape index (κ1) is 19.2. The fraction of sp³-hybridized carbons (Fsp3) is 0.500. The van der Waals surface area contributed by atoms with Crippen molar-refractivity contribution in [2.75, 3.05) is 20.1 Å². The minimum Gasteiger partial charge on any atom is -0.387 e. The number of hydrogen-bond acceptors (Lipinski definition) is 3. The number of aromatic nitrogens is 2. The third-order valence-corrected chi connectivity index (χ3v) is 5.04. The molecule has 2 atom stereocenters. The highest BCUT2D eigenvalue weighted by Crippen LogP contribution is 2.31. The largest absolute Gasteiger partial charge is 0.434 e. The maximum atomic E-state index is 12.8. The van der Waals surface area contributed by atoms with Gasteiger partial charge in [0, 0.05) is 42.8 Å². The van der Waals surface area contributed by atoms with E-state index in [1.54, 1.807) is 16.7 Å². The Balaban J connectivity index is 1.58. The lowest BCUT2D eigenvalue weighted by atomic mass is 9.98. The van der Waals surface area contributed by atoms with Gasteiger partial charge in [-0.15, -0.1) is 0 Å². The number of benzene rings is 1. The lowest BCUT2D eigenvalue weighted by Crippen LogP contribution is -2.34. The number of hydrogen-bond donors (Lipinski definition) is 1. The molecular weight excluding hydrogens is 367 g/mol. The van der Waals surface area contributed by atoms with E-state index in [4.69, 9.17) is 11.6 Å². The van der Waals surface area contributed by atoms with Gasteiger partial charge in [-0.05, 0) is 25.5 Å². The zero-order valence-electron chi connectivity index (χ0n) is 14.4. The maximum absolute atomic E-state index is 12.8. The average molecular weight is 388 g/mol. The van der Waals surface area contributed by atoms with Gasteiger partial charge in [0.2, 0.25) is 0 Å². The molecule has 0 saturated heterocycles. The molecule has 2 heterocycles. The SMILES string of the molecule is CN(C[C@H]1CCc2nc(C(F)(F)F)cn2C1)C[C@H](O)c1ccccc1Cl. The minimum absolute atomic E-state index is 0.209. The van der Waals surface area contributed by atoms with Crippen LogP contribution in [0.5, 0.6) is 0 Å². The van der Waals surface area contributed by atoms with Gasteiger partial charge in [-0.2, -0.15) is 13.2 Å². The Hall–Kier alpha value is -1.57. The van der Waals surface area contributed by atoms with Crippen LogP contribution in [0.3, 0.4) is 0 Å². The fourth-order valence-corrected chi connectivity index (χ4v) is 3.72. The molecule has 2 aromatic rings. The number of imidazole rings is 1. The van der Waals surface area contributed by atoms with Crippen molar-refractivity contribution < 1.29 is 18.3 Å². The van der Waals surface area contributed by atoms with Crippen molar-refractivity contribution in [1.82, 2.24) is 14.5 Å². The van der Waals surface area contributed by atoms with E-state index in [1.807, 2.05) is 24.1 Å². The summed E-state index contributed by atoms with van der Waals surface area (Å²) in [6.45, 7) is 1.59. The normalized spacial score (nSPS) is 18.8. The molecule has 1 aromatic heterocycles. The van der Waals surface area contributed by atoms with E-state index in [-0.39, 0.29) is 5.92 Å². The van der Waals surface area contributed by atoms with E-state index in [9.17, 15) is 18.3 Å². The zero-order valence-corrected chi connectivity index (χ0v) is 15.1. The molecule has 0 aliphatic carbocycles. The van der Waals surface area contributed by atoms with Crippen LogP contribution in [-0.4, -0.2) is 39.7 Å². The van der Waals surface area contributed by atoms with Crippen molar-refractivity contribution in [3.63, 3.8) is 0 Å². The Kier molecular flexibility index (Phi) is 5.60. The van der Waals surface area contributed by atoms with Gasteiger partial charge in [0.1, 0.15) is 5.82 Å². The lowest BCUT2D eigenvalue weighted by molar-refractivity contribution is -0.141. The average Bonchev–Trinajstić information content (AvgIpc) is 2.98. The van der Waals surface area contributed by atoms with E-state index in [2.05, 4.69) is 4.98 Å². The predicted molar refractivity (Wildman–Crippen MR) is 92.9 cm³/mol. The number of aliphatic hydroxyl groups excluding tert-OH is 1. The number of halogens is 4.